The maximum Gasteiger partial charge on any atom is 0.401 e. The van der Waals surface area contributed by atoms with Crippen LogP contribution < -0.4 is 5.32 Å². The summed E-state index contributed by atoms with van der Waals surface area (Å²) in [5, 5.41) is 1.61. The molecule has 1 aromatic rings. The zero-order chi connectivity index (χ0) is 13.9. The monoisotopic (exact) mass is 347 g/mol. The summed E-state index contributed by atoms with van der Waals surface area (Å²) in [6.45, 7) is -1.93. The average Bonchev–Trinajstić information content (AvgIpc) is 2.24. The third-order valence-electron chi connectivity index (χ3n) is 1.95. The lowest BCUT2D eigenvalue weighted by Crippen LogP contribution is -2.33. The lowest BCUT2D eigenvalue weighted by molar-refractivity contribution is -0.124. The Kier molecular flexibility index (Phi) is 5.12. The van der Waals surface area contributed by atoms with Crippen molar-refractivity contribution in [3.05, 3.63) is 33.0 Å². The van der Waals surface area contributed by atoms with E-state index in [-0.39, 0.29) is 15.1 Å². The van der Waals surface area contributed by atoms with Gasteiger partial charge in [0, 0.05) is 4.47 Å². The Morgan fingerprint density at radius 2 is 2.00 bits per heavy atom. The Balaban J connectivity index is 2.71. The van der Waals surface area contributed by atoms with Crippen LogP contribution in [-0.4, -0.2) is 25.0 Å². The number of ketones is 1. The fourth-order valence-electron chi connectivity index (χ4n) is 1.15. The van der Waals surface area contributed by atoms with Gasteiger partial charge < -0.3 is 5.32 Å². The van der Waals surface area contributed by atoms with Crippen LogP contribution in [0.1, 0.15) is 10.4 Å². The largest absolute Gasteiger partial charge is 0.401 e. The summed E-state index contributed by atoms with van der Waals surface area (Å²) in [4.78, 5) is 11.5. The molecule has 0 aliphatic carbocycles. The van der Waals surface area contributed by atoms with Gasteiger partial charge in [-0.25, -0.2) is 4.39 Å². The normalized spacial score (nSPS) is 11.7. The first kappa shape index (κ1) is 15.4. The van der Waals surface area contributed by atoms with Crippen molar-refractivity contribution >= 4 is 33.3 Å². The summed E-state index contributed by atoms with van der Waals surface area (Å²) in [5.41, 5.74) is -0.349. The summed E-state index contributed by atoms with van der Waals surface area (Å²) in [6.07, 6.45) is -4.42. The topological polar surface area (TPSA) is 29.1 Å². The first-order chi connectivity index (χ1) is 8.22. The SMILES string of the molecule is O=C(CNCC(F)(F)F)c1ccc(Br)c(Cl)c1F. The number of benzene rings is 1. The summed E-state index contributed by atoms with van der Waals surface area (Å²) in [6, 6.07) is 2.51. The highest BCUT2D eigenvalue weighted by atomic mass is 79.9. The molecular formula is C10H7BrClF4NO. The van der Waals surface area contributed by atoms with Gasteiger partial charge in [0.25, 0.3) is 0 Å². The van der Waals surface area contributed by atoms with Gasteiger partial charge in [-0.1, -0.05) is 11.6 Å². The van der Waals surface area contributed by atoms with E-state index in [1.807, 2.05) is 5.32 Å². The second-order valence-corrected chi connectivity index (χ2v) is 4.60. The average molecular weight is 349 g/mol. The Labute approximate surface area is 113 Å². The first-order valence-electron chi connectivity index (χ1n) is 4.66. The number of alkyl halides is 3. The molecule has 0 aliphatic rings. The van der Waals surface area contributed by atoms with Gasteiger partial charge in [-0.15, -0.1) is 0 Å². The van der Waals surface area contributed by atoms with Gasteiger partial charge in [-0.05, 0) is 28.1 Å². The highest BCUT2D eigenvalue weighted by molar-refractivity contribution is 9.10. The molecule has 18 heavy (non-hydrogen) atoms. The quantitative estimate of drug-likeness (QED) is 0.512. The molecule has 0 bridgehead atoms. The maximum absolute atomic E-state index is 13.5. The molecule has 0 saturated heterocycles. The summed E-state index contributed by atoms with van der Waals surface area (Å²) >= 11 is 8.52. The fraction of sp³-hybridized carbons (Fsp3) is 0.300. The first-order valence-corrected chi connectivity index (χ1v) is 5.83. The van der Waals surface area contributed by atoms with Crippen LogP contribution >= 0.6 is 27.5 Å². The molecule has 1 N–H and O–H groups in total. The number of rotatable bonds is 4. The molecule has 2 nitrogen and oxygen atoms in total. The number of hydrogen-bond acceptors (Lipinski definition) is 2. The smallest absolute Gasteiger partial charge is 0.302 e. The molecule has 1 rings (SSSR count). The minimum atomic E-state index is -4.42. The third kappa shape index (κ3) is 4.22. The van der Waals surface area contributed by atoms with Crippen molar-refractivity contribution < 1.29 is 22.4 Å². The second kappa shape index (κ2) is 5.99. The van der Waals surface area contributed by atoms with Crippen molar-refractivity contribution in [2.75, 3.05) is 13.1 Å². The molecule has 0 amide bonds. The molecule has 0 aromatic heterocycles. The van der Waals surface area contributed by atoms with Crippen molar-refractivity contribution in [2.45, 2.75) is 6.18 Å². The van der Waals surface area contributed by atoms with Gasteiger partial charge in [0.1, 0.15) is 0 Å². The van der Waals surface area contributed by atoms with Crippen LogP contribution in [0.15, 0.2) is 16.6 Å². The molecule has 0 fully saturated rings. The Morgan fingerprint density at radius 3 is 2.56 bits per heavy atom. The number of nitrogens with one attached hydrogen (secondary N) is 1. The predicted octanol–water partition coefficient (Wildman–Crippen LogP) is 3.58. The molecule has 0 saturated carbocycles. The van der Waals surface area contributed by atoms with E-state index in [1.165, 1.54) is 6.07 Å². The van der Waals surface area contributed by atoms with E-state index in [4.69, 9.17) is 11.6 Å². The van der Waals surface area contributed by atoms with Crippen LogP contribution in [0.25, 0.3) is 0 Å². The number of carbonyl (C=O) groups is 1. The van der Waals surface area contributed by atoms with Crippen LogP contribution in [0.3, 0.4) is 0 Å². The molecule has 1 aromatic carbocycles. The zero-order valence-corrected chi connectivity index (χ0v) is 11.1. The van der Waals surface area contributed by atoms with Crippen molar-refractivity contribution in [3.63, 3.8) is 0 Å². The maximum atomic E-state index is 13.5. The van der Waals surface area contributed by atoms with E-state index in [0.717, 1.165) is 6.07 Å². The van der Waals surface area contributed by atoms with Crippen LogP contribution in [0, 0.1) is 5.82 Å². The number of hydrogen-bond donors (Lipinski definition) is 1. The van der Waals surface area contributed by atoms with Crippen molar-refractivity contribution in [2.24, 2.45) is 0 Å². The van der Waals surface area contributed by atoms with Crippen LogP contribution in [0.4, 0.5) is 17.6 Å². The molecule has 0 aliphatic heterocycles. The van der Waals surface area contributed by atoms with Crippen molar-refractivity contribution in [1.29, 1.82) is 0 Å². The minimum Gasteiger partial charge on any atom is -0.302 e. The minimum absolute atomic E-state index is 0.265. The Bertz CT molecular complexity index is 464. The van der Waals surface area contributed by atoms with Gasteiger partial charge >= 0.3 is 6.18 Å². The molecule has 0 heterocycles. The van der Waals surface area contributed by atoms with Crippen molar-refractivity contribution in [3.8, 4) is 0 Å². The lowest BCUT2D eigenvalue weighted by atomic mass is 10.1. The predicted molar refractivity (Wildman–Crippen MR) is 62.4 cm³/mol. The number of halogens is 6. The standard InChI is InChI=1S/C10H7BrClF4NO/c11-6-2-1-5(9(13)8(6)12)7(18)3-17-4-10(14,15)16/h1-2,17H,3-4H2. The highest BCUT2D eigenvalue weighted by Gasteiger charge is 2.27. The van der Waals surface area contributed by atoms with E-state index in [0.29, 0.717) is 0 Å². The van der Waals surface area contributed by atoms with Crippen molar-refractivity contribution in [1.82, 2.24) is 5.32 Å². The van der Waals surface area contributed by atoms with Gasteiger partial charge in [0.2, 0.25) is 0 Å². The van der Waals surface area contributed by atoms with Gasteiger partial charge in [0.05, 0.1) is 23.7 Å². The molecular weight excluding hydrogens is 341 g/mol. The summed E-state index contributed by atoms with van der Waals surface area (Å²) < 4.78 is 49.3. The van der Waals surface area contributed by atoms with E-state index < -0.39 is 30.9 Å². The van der Waals surface area contributed by atoms with E-state index in [2.05, 4.69) is 15.9 Å². The van der Waals surface area contributed by atoms with Gasteiger partial charge in [-0.3, -0.25) is 4.79 Å². The number of carbonyl (C=O) groups excluding carboxylic acids is 1. The molecule has 0 atom stereocenters. The zero-order valence-electron chi connectivity index (χ0n) is 8.74. The Hall–Kier alpha value is -0.660. The Morgan fingerprint density at radius 1 is 1.39 bits per heavy atom. The summed E-state index contributed by atoms with van der Waals surface area (Å²) in [5.74, 6) is -1.75. The molecule has 0 unspecified atom stereocenters. The van der Waals surface area contributed by atoms with E-state index >= 15 is 0 Å². The molecule has 100 valence electrons. The number of Topliss-reactive ketones (excluding diaryl/α,β-unsaturated/α-hetero) is 1. The lowest BCUT2D eigenvalue weighted by Gasteiger charge is -2.08. The van der Waals surface area contributed by atoms with Gasteiger partial charge in [0.15, 0.2) is 11.6 Å². The molecule has 8 heteroatoms. The fourth-order valence-corrected chi connectivity index (χ4v) is 1.63. The van der Waals surface area contributed by atoms with Crippen LogP contribution in [0.2, 0.25) is 5.02 Å². The van der Waals surface area contributed by atoms with E-state index in [1.54, 1.807) is 0 Å². The third-order valence-corrected chi connectivity index (χ3v) is 3.21. The van der Waals surface area contributed by atoms with Gasteiger partial charge in [-0.2, -0.15) is 13.2 Å². The van der Waals surface area contributed by atoms with Crippen LogP contribution in [-0.2, 0) is 0 Å². The highest BCUT2D eigenvalue weighted by Crippen LogP contribution is 2.27. The molecule has 0 spiro atoms. The van der Waals surface area contributed by atoms with Crippen LogP contribution in [0.5, 0.6) is 0 Å². The summed E-state index contributed by atoms with van der Waals surface area (Å²) in [7, 11) is 0. The van der Waals surface area contributed by atoms with E-state index in [9.17, 15) is 22.4 Å². The molecule has 0 radical (unpaired) electrons. The second-order valence-electron chi connectivity index (χ2n) is 3.36.